The monoisotopic (exact) mass is 368 g/mol. The van der Waals surface area contributed by atoms with Gasteiger partial charge in [0.2, 0.25) is 0 Å². The predicted molar refractivity (Wildman–Crippen MR) is 91.0 cm³/mol. The highest BCUT2D eigenvalue weighted by atomic mass is 31.2. The summed E-state index contributed by atoms with van der Waals surface area (Å²) in [6.07, 6.45) is 3.26. The Labute approximate surface area is 142 Å². The highest BCUT2D eigenvalue weighted by Gasteiger charge is 2.31. The summed E-state index contributed by atoms with van der Waals surface area (Å²) in [4.78, 5) is 0. The molecule has 6 nitrogen and oxygen atoms in total. The van der Waals surface area contributed by atoms with E-state index in [0.29, 0.717) is 0 Å². The molecule has 0 N–H and O–H groups in total. The molecule has 2 rings (SSSR count). The molecule has 0 aromatic carbocycles. The molecule has 8 heteroatoms. The smallest absolute Gasteiger partial charge is 0.309 e. The predicted octanol–water partition coefficient (Wildman–Crippen LogP) is 5.07. The summed E-state index contributed by atoms with van der Waals surface area (Å²) in [6, 6.07) is 0. The third-order valence-corrected chi connectivity index (χ3v) is 6.78. The van der Waals surface area contributed by atoms with Gasteiger partial charge in [-0.15, -0.1) is 0 Å². The van der Waals surface area contributed by atoms with Gasteiger partial charge < -0.3 is 27.1 Å². The van der Waals surface area contributed by atoms with Gasteiger partial charge in [-0.2, -0.15) is 0 Å². The molecular formula is C15H30O6P2. The zero-order valence-corrected chi connectivity index (χ0v) is 16.7. The summed E-state index contributed by atoms with van der Waals surface area (Å²) in [6.45, 7) is 12.2. The quantitative estimate of drug-likeness (QED) is 0.610. The van der Waals surface area contributed by atoms with Crippen molar-refractivity contribution in [1.29, 1.82) is 0 Å². The van der Waals surface area contributed by atoms with E-state index in [-0.39, 0.29) is 36.6 Å². The summed E-state index contributed by atoms with van der Waals surface area (Å²) in [5.74, 6) is 0. The first-order valence-corrected chi connectivity index (χ1v) is 10.6. The summed E-state index contributed by atoms with van der Waals surface area (Å²) >= 11 is 0. The second-order valence-electron chi connectivity index (χ2n) is 6.65. The molecule has 0 saturated carbocycles. The highest BCUT2D eigenvalue weighted by Crippen LogP contribution is 2.50. The van der Waals surface area contributed by atoms with Gasteiger partial charge in [-0.1, -0.05) is 0 Å². The van der Waals surface area contributed by atoms with Crippen LogP contribution < -0.4 is 0 Å². The fraction of sp³-hybridized carbons (Fsp3) is 1.00. The lowest BCUT2D eigenvalue weighted by Gasteiger charge is -2.33. The van der Waals surface area contributed by atoms with Crippen molar-refractivity contribution < 1.29 is 27.1 Å². The molecule has 2 aliphatic rings. The number of hydrogen-bond acceptors (Lipinski definition) is 6. The summed E-state index contributed by atoms with van der Waals surface area (Å²) in [5.41, 5.74) is 0. The van der Waals surface area contributed by atoms with E-state index in [1.165, 1.54) is 0 Å². The first-order chi connectivity index (χ1) is 10.8. The van der Waals surface area contributed by atoms with Crippen LogP contribution in [0, 0.1) is 0 Å². The SMILES string of the molecule is CC1CC(C)OP(OC(C)CC(C)OP2OC(C)CC(C)O2)O1. The van der Waals surface area contributed by atoms with Crippen LogP contribution in [0.15, 0.2) is 0 Å². The molecule has 6 unspecified atom stereocenters. The average Bonchev–Trinajstić information content (AvgIpc) is 2.34. The molecule has 0 bridgehead atoms. The van der Waals surface area contributed by atoms with Gasteiger partial charge in [0.05, 0.1) is 36.6 Å². The zero-order valence-electron chi connectivity index (χ0n) is 14.9. The Morgan fingerprint density at radius 3 is 1.35 bits per heavy atom. The van der Waals surface area contributed by atoms with Gasteiger partial charge >= 0.3 is 17.2 Å². The van der Waals surface area contributed by atoms with Gasteiger partial charge in [0, 0.05) is 19.3 Å². The van der Waals surface area contributed by atoms with E-state index in [1.807, 2.05) is 13.8 Å². The van der Waals surface area contributed by atoms with E-state index in [0.717, 1.165) is 19.3 Å². The van der Waals surface area contributed by atoms with E-state index in [2.05, 4.69) is 27.7 Å². The third-order valence-electron chi connectivity index (χ3n) is 3.59. The van der Waals surface area contributed by atoms with Crippen LogP contribution in [-0.4, -0.2) is 36.6 Å². The molecule has 0 amide bonds. The highest BCUT2D eigenvalue weighted by molar-refractivity contribution is 7.42. The molecule has 0 aromatic heterocycles. The second-order valence-corrected chi connectivity index (χ2v) is 8.81. The number of rotatable bonds is 6. The van der Waals surface area contributed by atoms with Crippen LogP contribution in [0.2, 0.25) is 0 Å². The lowest BCUT2D eigenvalue weighted by molar-refractivity contribution is 0.00210. The molecule has 23 heavy (non-hydrogen) atoms. The van der Waals surface area contributed by atoms with E-state index < -0.39 is 17.2 Å². The Balaban J connectivity index is 1.70. The normalized spacial score (nSPS) is 41.5. The van der Waals surface area contributed by atoms with Crippen LogP contribution >= 0.6 is 17.2 Å². The largest absolute Gasteiger partial charge is 0.333 e. The molecule has 136 valence electrons. The maximum Gasteiger partial charge on any atom is 0.333 e. The van der Waals surface area contributed by atoms with Crippen LogP contribution in [0.25, 0.3) is 0 Å². The molecule has 2 aliphatic heterocycles. The summed E-state index contributed by atoms with van der Waals surface area (Å²) in [7, 11) is -2.53. The minimum Gasteiger partial charge on any atom is -0.309 e. The topological polar surface area (TPSA) is 55.4 Å². The zero-order chi connectivity index (χ0) is 17.0. The van der Waals surface area contributed by atoms with Crippen molar-refractivity contribution in [1.82, 2.24) is 0 Å². The van der Waals surface area contributed by atoms with Crippen LogP contribution in [-0.2, 0) is 27.1 Å². The number of hydrogen-bond donors (Lipinski definition) is 0. The first-order valence-electron chi connectivity index (χ1n) is 8.42. The molecule has 2 saturated heterocycles. The van der Waals surface area contributed by atoms with Gasteiger partial charge in [-0.05, 0) is 41.5 Å². The Morgan fingerprint density at radius 2 is 1.04 bits per heavy atom. The fourth-order valence-corrected chi connectivity index (χ4v) is 5.27. The van der Waals surface area contributed by atoms with E-state index in [9.17, 15) is 0 Å². The average molecular weight is 368 g/mol. The third kappa shape index (κ3) is 7.17. The van der Waals surface area contributed by atoms with Crippen molar-refractivity contribution in [3.05, 3.63) is 0 Å². The van der Waals surface area contributed by atoms with Crippen LogP contribution in [0.4, 0.5) is 0 Å². The standard InChI is InChI=1S/C15H30O6P2/c1-10-7-11(2)17-22(16-10)20-14(5)9-15(6)21-23-18-12(3)8-13(4)19-23/h10-15H,7-9H2,1-6H3. The van der Waals surface area contributed by atoms with E-state index in [4.69, 9.17) is 27.1 Å². The molecular weight excluding hydrogens is 338 g/mol. The van der Waals surface area contributed by atoms with Gasteiger partial charge in [-0.25, -0.2) is 0 Å². The molecule has 0 aromatic rings. The summed E-state index contributed by atoms with van der Waals surface area (Å²) < 4.78 is 34.7. The van der Waals surface area contributed by atoms with Crippen molar-refractivity contribution >= 4 is 17.2 Å². The molecule has 0 aliphatic carbocycles. The Morgan fingerprint density at radius 1 is 0.739 bits per heavy atom. The van der Waals surface area contributed by atoms with Crippen LogP contribution in [0.1, 0.15) is 60.8 Å². The van der Waals surface area contributed by atoms with Crippen LogP contribution in [0.3, 0.4) is 0 Å². The fourth-order valence-electron chi connectivity index (χ4n) is 2.69. The second kappa shape index (κ2) is 9.35. The van der Waals surface area contributed by atoms with Crippen molar-refractivity contribution in [3.63, 3.8) is 0 Å². The van der Waals surface area contributed by atoms with Gasteiger partial charge in [-0.3, -0.25) is 0 Å². The maximum atomic E-state index is 5.90. The first kappa shape index (κ1) is 19.9. The van der Waals surface area contributed by atoms with Crippen molar-refractivity contribution in [2.45, 2.75) is 97.4 Å². The van der Waals surface area contributed by atoms with E-state index in [1.54, 1.807) is 0 Å². The van der Waals surface area contributed by atoms with E-state index >= 15 is 0 Å². The van der Waals surface area contributed by atoms with Crippen molar-refractivity contribution in [2.24, 2.45) is 0 Å². The molecule has 0 radical (unpaired) electrons. The minimum absolute atomic E-state index is 0.0109. The lowest BCUT2D eigenvalue weighted by atomic mass is 10.2. The molecule has 2 fully saturated rings. The summed E-state index contributed by atoms with van der Waals surface area (Å²) in [5, 5.41) is 0. The van der Waals surface area contributed by atoms with Crippen LogP contribution in [0.5, 0.6) is 0 Å². The van der Waals surface area contributed by atoms with Crippen molar-refractivity contribution in [3.8, 4) is 0 Å². The van der Waals surface area contributed by atoms with Gasteiger partial charge in [0.1, 0.15) is 0 Å². The van der Waals surface area contributed by atoms with Gasteiger partial charge in [0.25, 0.3) is 0 Å². The minimum atomic E-state index is -1.27. The Kier molecular flexibility index (Phi) is 8.11. The van der Waals surface area contributed by atoms with Gasteiger partial charge in [0.15, 0.2) is 0 Å². The lowest BCUT2D eigenvalue weighted by Crippen LogP contribution is -2.26. The Hall–Kier alpha value is 0.620. The molecule has 6 atom stereocenters. The molecule has 2 heterocycles. The Bertz CT molecular complexity index is 309. The molecule has 0 spiro atoms. The van der Waals surface area contributed by atoms with Crippen molar-refractivity contribution in [2.75, 3.05) is 0 Å². The maximum absolute atomic E-state index is 5.90.